The molecule has 3 aromatic rings. The third-order valence-corrected chi connectivity index (χ3v) is 5.73. The molecule has 32 heavy (non-hydrogen) atoms. The van der Waals surface area contributed by atoms with Crippen LogP contribution in [0.2, 0.25) is 0 Å². The van der Waals surface area contributed by atoms with Gasteiger partial charge in [0.15, 0.2) is 0 Å². The Morgan fingerprint density at radius 1 is 1.06 bits per heavy atom. The summed E-state index contributed by atoms with van der Waals surface area (Å²) in [4.78, 5) is 43.5. The van der Waals surface area contributed by atoms with E-state index < -0.39 is 17.5 Å². The Bertz CT molecular complexity index is 1110. The fourth-order valence-electron chi connectivity index (χ4n) is 4.28. The number of imidazole rings is 1. The molecule has 0 radical (unpaired) electrons. The van der Waals surface area contributed by atoms with Gasteiger partial charge in [-0.1, -0.05) is 44.9 Å². The molecule has 3 heterocycles. The largest absolute Gasteiger partial charge is 0.325 e. The Labute approximate surface area is 186 Å². The van der Waals surface area contributed by atoms with Crippen LogP contribution in [0.4, 0.5) is 10.5 Å². The van der Waals surface area contributed by atoms with Crippen LogP contribution >= 0.6 is 0 Å². The summed E-state index contributed by atoms with van der Waals surface area (Å²) in [6.07, 6.45) is 6.54. The summed E-state index contributed by atoms with van der Waals surface area (Å²) in [6.45, 7) is 3.64. The van der Waals surface area contributed by atoms with Gasteiger partial charge in [0.2, 0.25) is 5.91 Å². The third-order valence-electron chi connectivity index (χ3n) is 5.73. The highest BCUT2D eigenvalue weighted by atomic mass is 16.2. The predicted molar refractivity (Wildman–Crippen MR) is 122 cm³/mol. The van der Waals surface area contributed by atoms with E-state index in [2.05, 4.69) is 15.6 Å². The number of imide groups is 1. The van der Waals surface area contributed by atoms with E-state index in [-0.39, 0.29) is 12.5 Å². The van der Waals surface area contributed by atoms with Crippen LogP contribution in [0, 0.1) is 0 Å². The van der Waals surface area contributed by atoms with E-state index in [9.17, 15) is 14.4 Å². The molecule has 0 spiro atoms. The van der Waals surface area contributed by atoms with Gasteiger partial charge in [0.05, 0.1) is 5.69 Å². The van der Waals surface area contributed by atoms with Crippen molar-refractivity contribution < 1.29 is 14.4 Å². The lowest BCUT2D eigenvalue weighted by Gasteiger charge is -2.25. The minimum Gasteiger partial charge on any atom is -0.325 e. The molecule has 0 atom stereocenters. The molecule has 0 unspecified atom stereocenters. The summed E-state index contributed by atoms with van der Waals surface area (Å²) < 4.78 is 1.94. The summed E-state index contributed by atoms with van der Waals surface area (Å²) >= 11 is 0. The van der Waals surface area contributed by atoms with E-state index in [1.54, 1.807) is 12.1 Å². The Kier molecular flexibility index (Phi) is 5.94. The maximum atomic E-state index is 12.9. The third kappa shape index (κ3) is 4.08. The number of benzene rings is 1. The average Bonchev–Trinajstić information content (AvgIpc) is 3.30. The smallest absolute Gasteiger partial charge is 0.325 e. The molecule has 1 aliphatic rings. The minimum atomic E-state index is -0.892. The number of hydrogen-bond acceptors (Lipinski definition) is 4. The molecule has 0 saturated carbocycles. The second kappa shape index (κ2) is 8.82. The SMILES string of the molecule is CCCC1(CCC)NC(=O)N(CC(=O)Nc2ccc(-c3cn4ccccc4n3)cc2)C1=O. The van der Waals surface area contributed by atoms with E-state index in [0.717, 1.165) is 34.6 Å². The number of carbonyl (C=O) groups excluding carboxylic acids is 3. The summed E-state index contributed by atoms with van der Waals surface area (Å²) in [6, 6.07) is 12.6. The Morgan fingerprint density at radius 3 is 2.44 bits per heavy atom. The molecular formula is C24H27N5O3. The molecule has 166 valence electrons. The number of urea groups is 1. The van der Waals surface area contributed by atoms with E-state index in [4.69, 9.17) is 0 Å². The Hall–Kier alpha value is -3.68. The molecule has 0 aliphatic carbocycles. The zero-order valence-corrected chi connectivity index (χ0v) is 18.3. The maximum Gasteiger partial charge on any atom is 0.325 e. The monoisotopic (exact) mass is 433 g/mol. The van der Waals surface area contributed by atoms with Crippen LogP contribution in [0.1, 0.15) is 39.5 Å². The average molecular weight is 434 g/mol. The molecule has 0 bridgehead atoms. The lowest BCUT2D eigenvalue weighted by Crippen LogP contribution is -2.47. The van der Waals surface area contributed by atoms with Gasteiger partial charge in [-0.25, -0.2) is 9.78 Å². The molecule has 4 amide bonds. The zero-order valence-electron chi connectivity index (χ0n) is 18.3. The number of anilines is 1. The number of carbonyl (C=O) groups is 3. The van der Waals surface area contributed by atoms with E-state index in [0.29, 0.717) is 18.5 Å². The number of nitrogens with one attached hydrogen (secondary N) is 2. The fourth-order valence-corrected chi connectivity index (χ4v) is 4.28. The minimum absolute atomic E-state index is 0.311. The van der Waals surface area contributed by atoms with E-state index >= 15 is 0 Å². The number of nitrogens with zero attached hydrogens (tertiary/aromatic N) is 3. The van der Waals surface area contributed by atoms with Crippen molar-refractivity contribution in [3.05, 3.63) is 54.9 Å². The van der Waals surface area contributed by atoms with Crippen molar-refractivity contribution in [1.29, 1.82) is 0 Å². The lowest BCUT2D eigenvalue weighted by atomic mass is 9.88. The first-order valence-corrected chi connectivity index (χ1v) is 10.9. The second-order valence-corrected chi connectivity index (χ2v) is 8.12. The highest BCUT2D eigenvalue weighted by Crippen LogP contribution is 2.28. The molecule has 2 aromatic heterocycles. The van der Waals surface area contributed by atoms with Gasteiger partial charge in [-0.3, -0.25) is 14.5 Å². The van der Waals surface area contributed by atoms with Gasteiger partial charge >= 0.3 is 6.03 Å². The fraction of sp³-hybridized carbons (Fsp3) is 0.333. The number of amides is 4. The van der Waals surface area contributed by atoms with Crippen molar-refractivity contribution in [3.63, 3.8) is 0 Å². The van der Waals surface area contributed by atoms with Crippen LogP contribution < -0.4 is 10.6 Å². The summed E-state index contributed by atoms with van der Waals surface area (Å²) in [5.74, 6) is -0.735. The standard InChI is InChI=1S/C24H27N5O3/c1-3-12-24(13-4-2)22(31)29(23(32)27-24)16-21(30)25-18-10-8-17(9-11-18)19-15-28-14-6-5-7-20(28)26-19/h5-11,14-15H,3-4,12-13,16H2,1-2H3,(H,25,30)(H,27,32). The number of rotatable bonds is 8. The quantitative estimate of drug-likeness (QED) is 0.528. The zero-order chi connectivity index (χ0) is 22.7. The number of pyridine rings is 1. The van der Waals surface area contributed by atoms with Crippen LogP contribution in [-0.2, 0) is 9.59 Å². The molecule has 1 aromatic carbocycles. The van der Waals surface area contributed by atoms with E-state index in [1.165, 1.54) is 0 Å². The summed E-state index contributed by atoms with van der Waals surface area (Å²) in [7, 11) is 0. The Balaban J connectivity index is 1.42. The van der Waals surface area contributed by atoms with Gasteiger partial charge in [-0.2, -0.15) is 0 Å². The number of fused-ring (bicyclic) bond motifs is 1. The van der Waals surface area contributed by atoms with E-state index in [1.807, 2.05) is 61.0 Å². The lowest BCUT2D eigenvalue weighted by molar-refractivity contribution is -0.134. The van der Waals surface area contributed by atoms with Crippen molar-refractivity contribution in [3.8, 4) is 11.3 Å². The van der Waals surface area contributed by atoms with Gasteiger partial charge in [-0.05, 0) is 37.1 Å². The molecule has 4 rings (SSSR count). The first-order valence-electron chi connectivity index (χ1n) is 10.9. The van der Waals surface area contributed by atoms with Crippen molar-refractivity contribution in [1.82, 2.24) is 19.6 Å². The van der Waals surface area contributed by atoms with Gasteiger partial charge in [-0.15, -0.1) is 0 Å². The van der Waals surface area contributed by atoms with Gasteiger partial charge in [0.1, 0.15) is 17.7 Å². The van der Waals surface area contributed by atoms with Crippen molar-refractivity contribution in [2.75, 3.05) is 11.9 Å². The maximum absolute atomic E-state index is 12.9. The molecular weight excluding hydrogens is 406 g/mol. The molecule has 1 saturated heterocycles. The van der Waals surface area contributed by atoms with Crippen LogP contribution in [0.5, 0.6) is 0 Å². The Morgan fingerprint density at radius 2 is 1.78 bits per heavy atom. The number of aromatic nitrogens is 2. The first kappa shape index (κ1) is 21.5. The van der Waals surface area contributed by atoms with Crippen molar-refractivity contribution >= 4 is 29.2 Å². The van der Waals surface area contributed by atoms with Gasteiger partial charge < -0.3 is 15.0 Å². The van der Waals surface area contributed by atoms with Gasteiger partial charge in [0, 0.05) is 23.6 Å². The van der Waals surface area contributed by atoms with Crippen LogP contribution in [-0.4, -0.2) is 44.2 Å². The first-order chi connectivity index (χ1) is 15.5. The highest BCUT2D eigenvalue weighted by Gasteiger charge is 2.50. The molecule has 8 heteroatoms. The van der Waals surface area contributed by atoms with Gasteiger partial charge in [0.25, 0.3) is 5.91 Å². The predicted octanol–water partition coefficient (Wildman–Crippen LogP) is 3.83. The molecule has 1 fully saturated rings. The normalized spacial score (nSPS) is 15.2. The van der Waals surface area contributed by atoms with Crippen molar-refractivity contribution in [2.24, 2.45) is 0 Å². The topological polar surface area (TPSA) is 95.8 Å². The van der Waals surface area contributed by atoms with Crippen LogP contribution in [0.15, 0.2) is 54.9 Å². The summed E-state index contributed by atoms with van der Waals surface area (Å²) in [5, 5.41) is 5.59. The summed E-state index contributed by atoms with van der Waals surface area (Å²) in [5.41, 5.74) is 2.30. The molecule has 1 aliphatic heterocycles. The molecule has 2 N–H and O–H groups in total. The number of hydrogen-bond donors (Lipinski definition) is 2. The highest BCUT2D eigenvalue weighted by molar-refractivity contribution is 6.10. The van der Waals surface area contributed by atoms with Crippen LogP contribution in [0.3, 0.4) is 0 Å². The molecule has 8 nitrogen and oxygen atoms in total. The second-order valence-electron chi connectivity index (χ2n) is 8.12. The van der Waals surface area contributed by atoms with Crippen molar-refractivity contribution in [2.45, 2.75) is 45.1 Å². The van der Waals surface area contributed by atoms with Crippen LogP contribution in [0.25, 0.3) is 16.9 Å².